The number of thiocarbonyl (C=S) groups is 1. The van der Waals surface area contributed by atoms with Gasteiger partial charge >= 0.3 is 0 Å². The standard InChI is InChI=1S/C18H17ClN2O2S/c1-2-3-4-5-6-7-8-15-16(22)20-18(24)21(17(15)23)14-11-9-13(19)10-12-14/h8-12H,2-5H2,1H3,(H,20,22,24)/b15-8-. The number of hydrogen-bond acceptors (Lipinski definition) is 3. The number of allylic oxidation sites excluding steroid dienone is 1. The Bertz CT molecular complexity index is 745. The smallest absolute Gasteiger partial charge is 0.270 e. The number of nitrogens with one attached hydrogen (secondary N) is 1. The molecule has 1 aliphatic rings. The van der Waals surface area contributed by atoms with Gasteiger partial charge in [-0.25, -0.2) is 0 Å². The molecule has 0 unspecified atom stereocenters. The average molecular weight is 361 g/mol. The minimum atomic E-state index is -0.530. The lowest BCUT2D eigenvalue weighted by Gasteiger charge is -2.28. The van der Waals surface area contributed by atoms with E-state index in [1.54, 1.807) is 24.3 Å². The van der Waals surface area contributed by atoms with E-state index in [2.05, 4.69) is 24.1 Å². The maximum Gasteiger partial charge on any atom is 0.270 e. The molecule has 1 heterocycles. The SMILES string of the molecule is CCCCCC#C/C=C1/C(=O)NC(=S)N(c2ccc(Cl)cc2)C1=O. The van der Waals surface area contributed by atoms with Crippen LogP contribution in [0.15, 0.2) is 35.9 Å². The molecule has 1 aromatic carbocycles. The van der Waals surface area contributed by atoms with Crippen LogP contribution >= 0.6 is 23.8 Å². The van der Waals surface area contributed by atoms with Crippen molar-refractivity contribution in [1.82, 2.24) is 5.32 Å². The van der Waals surface area contributed by atoms with Crippen molar-refractivity contribution in [2.45, 2.75) is 32.6 Å². The molecule has 4 nitrogen and oxygen atoms in total. The summed E-state index contributed by atoms with van der Waals surface area (Å²) in [5, 5.41) is 3.10. The number of anilines is 1. The number of unbranched alkanes of at least 4 members (excludes halogenated alkanes) is 3. The molecule has 0 spiro atoms. The fraction of sp³-hybridized carbons (Fsp3) is 0.278. The highest BCUT2D eigenvalue weighted by Crippen LogP contribution is 2.22. The van der Waals surface area contributed by atoms with Crippen molar-refractivity contribution >= 4 is 46.4 Å². The van der Waals surface area contributed by atoms with E-state index < -0.39 is 11.8 Å². The van der Waals surface area contributed by atoms with Gasteiger partial charge in [0.25, 0.3) is 11.8 Å². The first-order valence-corrected chi connectivity index (χ1v) is 8.47. The summed E-state index contributed by atoms with van der Waals surface area (Å²) in [6.45, 7) is 2.12. The summed E-state index contributed by atoms with van der Waals surface area (Å²) in [6, 6.07) is 6.64. The molecule has 0 bridgehead atoms. The van der Waals surface area contributed by atoms with E-state index in [0.717, 1.165) is 25.7 Å². The van der Waals surface area contributed by atoms with Gasteiger partial charge in [-0.3, -0.25) is 19.8 Å². The maximum atomic E-state index is 12.6. The van der Waals surface area contributed by atoms with Crippen LogP contribution in [0, 0.1) is 11.8 Å². The van der Waals surface area contributed by atoms with E-state index in [1.807, 2.05) is 0 Å². The Hall–Kier alpha value is -2.16. The van der Waals surface area contributed by atoms with Crippen molar-refractivity contribution in [2.75, 3.05) is 4.90 Å². The Kier molecular flexibility index (Phi) is 6.53. The van der Waals surface area contributed by atoms with Gasteiger partial charge in [-0.1, -0.05) is 43.2 Å². The summed E-state index contributed by atoms with van der Waals surface area (Å²) in [6.07, 6.45) is 5.34. The lowest BCUT2D eigenvalue weighted by molar-refractivity contribution is -0.122. The zero-order valence-corrected chi connectivity index (χ0v) is 14.8. The van der Waals surface area contributed by atoms with Crippen molar-refractivity contribution in [3.63, 3.8) is 0 Å². The van der Waals surface area contributed by atoms with Gasteiger partial charge in [-0.15, -0.1) is 0 Å². The van der Waals surface area contributed by atoms with Crippen LogP contribution in [0.4, 0.5) is 5.69 Å². The summed E-state index contributed by atoms with van der Waals surface area (Å²) >= 11 is 11.0. The van der Waals surface area contributed by atoms with Crippen LogP contribution < -0.4 is 10.2 Å². The number of carbonyl (C=O) groups excluding carboxylic acids is 2. The second kappa shape index (κ2) is 8.62. The van der Waals surface area contributed by atoms with Gasteiger partial charge in [0.2, 0.25) is 0 Å². The van der Waals surface area contributed by atoms with E-state index >= 15 is 0 Å². The minimum absolute atomic E-state index is 0.0264. The number of halogens is 1. The Morgan fingerprint density at radius 3 is 2.62 bits per heavy atom. The molecule has 0 aromatic heterocycles. The van der Waals surface area contributed by atoms with Gasteiger partial charge in [-0.2, -0.15) is 0 Å². The molecule has 2 rings (SSSR count). The van der Waals surface area contributed by atoms with Gasteiger partial charge in [0, 0.05) is 17.5 Å². The molecule has 6 heteroatoms. The predicted octanol–water partition coefficient (Wildman–Crippen LogP) is 3.60. The number of benzene rings is 1. The van der Waals surface area contributed by atoms with Crippen LogP contribution in [0.3, 0.4) is 0 Å². The van der Waals surface area contributed by atoms with E-state index in [4.69, 9.17) is 23.8 Å². The van der Waals surface area contributed by atoms with Crippen molar-refractivity contribution in [2.24, 2.45) is 0 Å². The number of nitrogens with zero attached hydrogens (tertiary/aromatic N) is 1. The molecule has 1 N–H and O–H groups in total. The summed E-state index contributed by atoms with van der Waals surface area (Å²) < 4.78 is 0. The quantitative estimate of drug-likeness (QED) is 0.293. The van der Waals surface area contributed by atoms with Crippen LogP contribution in [0.5, 0.6) is 0 Å². The van der Waals surface area contributed by atoms with Gasteiger partial charge in [0.1, 0.15) is 5.57 Å². The third-order valence-electron chi connectivity index (χ3n) is 3.41. The molecule has 0 aliphatic carbocycles. The third-order valence-corrected chi connectivity index (χ3v) is 3.95. The lowest BCUT2D eigenvalue weighted by atomic mass is 10.1. The molecule has 0 saturated carbocycles. The van der Waals surface area contributed by atoms with Crippen molar-refractivity contribution in [3.05, 3.63) is 40.9 Å². The number of amides is 2. The molecule has 1 saturated heterocycles. The molecule has 1 fully saturated rings. The van der Waals surface area contributed by atoms with Crippen LogP contribution in [0.25, 0.3) is 0 Å². The van der Waals surface area contributed by atoms with Crippen molar-refractivity contribution in [1.29, 1.82) is 0 Å². The Labute approximate surface area is 151 Å². The fourth-order valence-electron chi connectivity index (χ4n) is 2.14. The molecular weight excluding hydrogens is 344 g/mol. The van der Waals surface area contributed by atoms with E-state index in [1.165, 1.54) is 11.0 Å². The number of hydrogen-bond donors (Lipinski definition) is 1. The normalized spacial score (nSPS) is 16.0. The molecule has 1 aliphatic heterocycles. The third kappa shape index (κ3) is 4.44. The van der Waals surface area contributed by atoms with Crippen LogP contribution in [0.2, 0.25) is 5.02 Å². The Morgan fingerprint density at radius 1 is 1.25 bits per heavy atom. The Balaban J connectivity index is 2.20. The summed E-state index contributed by atoms with van der Waals surface area (Å²) in [5.41, 5.74) is 0.512. The molecule has 1 aromatic rings. The molecule has 24 heavy (non-hydrogen) atoms. The highest BCUT2D eigenvalue weighted by atomic mass is 35.5. The predicted molar refractivity (Wildman–Crippen MR) is 99.7 cm³/mol. The van der Waals surface area contributed by atoms with Crippen LogP contribution in [-0.2, 0) is 9.59 Å². The highest BCUT2D eigenvalue weighted by molar-refractivity contribution is 7.80. The molecule has 2 amide bonds. The summed E-state index contributed by atoms with van der Waals surface area (Å²) in [5.74, 6) is 4.72. The lowest BCUT2D eigenvalue weighted by Crippen LogP contribution is -2.54. The van der Waals surface area contributed by atoms with Gasteiger partial charge in [0.05, 0.1) is 5.69 Å². The maximum absolute atomic E-state index is 12.6. The zero-order valence-electron chi connectivity index (χ0n) is 13.3. The van der Waals surface area contributed by atoms with E-state index in [-0.39, 0.29) is 10.7 Å². The summed E-state index contributed by atoms with van der Waals surface area (Å²) in [7, 11) is 0. The van der Waals surface area contributed by atoms with Crippen molar-refractivity contribution < 1.29 is 9.59 Å². The monoisotopic (exact) mass is 360 g/mol. The van der Waals surface area contributed by atoms with Gasteiger partial charge in [-0.05, 0) is 42.9 Å². The first kappa shape index (κ1) is 18.2. The second-order valence-electron chi connectivity index (χ2n) is 5.21. The first-order chi connectivity index (χ1) is 11.5. The number of rotatable bonds is 4. The molecule has 124 valence electrons. The molecular formula is C18H17ClN2O2S. The largest absolute Gasteiger partial charge is 0.298 e. The minimum Gasteiger partial charge on any atom is -0.298 e. The highest BCUT2D eigenvalue weighted by Gasteiger charge is 2.34. The van der Waals surface area contributed by atoms with Gasteiger partial charge < -0.3 is 0 Å². The molecule has 0 atom stereocenters. The number of carbonyl (C=O) groups is 2. The average Bonchev–Trinajstić information content (AvgIpc) is 2.55. The zero-order chi connectivity index (χ0) is 17.5. The Morgan fingerprint density at radius 2 is 1.96 bits per heavy atom. The van der Waals surface area contributed by atoms with Crippen LogP contribution in [0.1, 0.15) is 32.6 Å². The van der Waals surface area contributed by atoms with Crippen LogP contribution in [-0.4, -0.2) is 16.9 Å². The van der Waals surface area contributed by atoms with E-state index in [9.17, 15) is 9.59 Å². The first-order valence-electron chi connectivity index (χ1n) is 7.68. The fourth-order valence-corrected chi connectivity index (χ4v) is 2.55. The van der Waals surface area contributed by atoms with Gasteiger partial charge in [0.15, 0.2) is 5.11 Å². The second-order valence-corrected chi connectivity index (χ2v) is 6.04. The van der Waals surface area contributed by atoms with Crippen molar-refractivity contribution in [3.8, 4) is 11.8 Å². The van der Waals surface area contributed by atoms with E-state index in [0.29, 0.717) is 10.7 Å². The topological polar surface area (TPSA) is 49.4 Å². The molecule has 0 radical (unpaired) electrons. The summed E-state index contributed by atoms with van der Waals surface area (Å²) in [4.78, 5) is 25.9.